The van der Waals surface area contributed by atoms with E-state index < -0.39 is 17.7 Å². The van der Waals surface area contributed by atoms with Crippen molar-refractivity contribution in [2.75, 3.05) is 11.0 Å². The molecule has 7 nitrogen and oxygen atoms in total. The van der Waals surface area contributed by atoms with Gasteiger partial charge in [-0.3, -0.25) is 10.3 Å². The van der Waals surface area contributed by atoms with Gasteiger partial charge in [-0.1, -0.05) is 83.3 Å². The summed E-state index contributed by atoms with van der Waals surface area (Å²) in [5, 5.41) is 2.62. The quantitative estimate of drug-likeness (QED) is 0.464. The van der Waals surface area contributed by atoms with E-state index in [1.807, 2.05) is 67.6 Å². The Balaban J connectivity index is 1.66. The standard InChI is InChI=1S/C22H24IN3O4/c1-22(16-23)12-13-24-19(25-20(27)29-14-17-8-4-2-5-9-17)26(22)21(28)30-15-18-10-6-3-7-11-18/h2-11H,12-16H2,1H3,(H,24,25,27). The summed E-state index contributed by atoms with van der Waals surface area (Å²) in [5.41, 5.74) is 1.22. The number of guanidine groups is 1. The molecule has 3 rings (SSSR count). The van der Waals surface area contributed by atoms with Gasteiger partial charge in [0.15, 0.2) is 0 Å². The maximum atomic E-state index is 12.9. The van der Waals surface area contributed by atoms with Crippen molar-refractivity contribution in [3.63, 3.8) is 0 Å². The summed E-state index contributed by atoms with van der Waals surface area (Å²) in [4.78, 5) is 31.1. The first kappa shape index (κ1) is 22.1. The van der Waals surface area contributed by atoms with E-state index in [1.165, 1.54) is 4.90 Å². The Hall–Kier alpha value is -2.62. The normalized spacial score (nSPS) is 18.3. The maximum Gasteiger partial charge on any atom is 0.417 e. The highest BCUT2D eigenvalue weighted by molar-refractivity contribution is 14.1. The molecule has 0 aliphatic carbocycles. The number of hydrogen-bond acceptors (Lipinski definition) is 5. The Labute approximate surface area is 189 Å². The number of rotatable bonds is 5. The molecule has 0 aromatic heterocycles. The molecule has 1 N–H and O–H groups in total. The third-order valence-corrected chi connectivity index (χ3v) is 6.41. The molecule has 0 spiro atoms. The lowest BCUT2D eigenvalue weighted by Gasteiger charge is -2.41. The van der Waals surface area contributed by atoms with Crippen LogP contribution in [0.4, 0.5) is 9.59 Å². The Bertz CT molecular complexity index is 892. The first-order chi connectivity index (χ1) is 14.5. The highest BCUT2D eigenvalue weighted by atomic mass is 127. The fourth-order valence-electron chi connectivity index (χ4n) is 3.00. The summed E-state index contributed by atoms with van der Waals surface area (Å²) in [6, 6.07) is 18.8. The molecule has 2 aromatic carbocycles. The number of ether oxygens (including phenoxy) is 2. The summed E-state index contributed by atoms with van der Waals surface area (Å²) in [6.45, 7) is 2.71. The molecular formula is C22H24IN3O4. The molecule has 2 amide bonds. The van der Waals surface area contributed by atoms with Gasteiger partial charge in [0.1, 0.15) is 13.2 Å². The molecule has 1 aliphatic heterocycles. The van der Waals surface area contributed by atoms with E-state index in [1.54, 1.807) is 0 Å². The summed E-state index contributed by atoms with van der Waals surface area (Å²) >= 11 is 2.23. The van der Waals surface area contributed by atoms with Crippen LogP contribution in [0.5, 0.6) is 0 Å². The molecule has 30 heavy (non-hydrogen) atoms. The average Bonchev–Trinajstić information content (AvgIpc) is 2.77. The van der Waals surface area contributed by atoms with Gasteiger partial charge in [-0.15, -0.1) is 0 Å². The number of hydrogen-bond donors (Lipinski definition) is 1. The molecule has 158 valence electrons. The van der Waals surface area contributed by atoms with Crippen LogP contribution >= 0.6 is 22.6 Å². The lowest BCUT2D eigenvalue weighted by Crippen LogP contribution is -2.61. The Morgan fingerprint density at radius 1 is 1.03 bits per heavy atom. The van der Waals surface area contributed by atoms with Gasteiger partial charge in [0.25, 0.3) is 0 Å². The van der Waals surface area contributed by atoms with Gasteiger partial charge in [0.2, 0.25) is 5.96 Å². The van der Waals surface area contributed by atoms with Crippen LogP contribution in [0, 0.1) is 0 Å². The Kier molecular flexibility index (Phi) is 7.67. The number of carbonyl (C=O) groups excluding carboxylic acids is 2. The first-order valence-electron chi connectivity index (χ1n) is 9.61. The highest BCUT2D eigenvalue weighted by Gasteiger charge is 2.42. The van der Waals surface area contributed by atoms with Crippen LogP contribution in [0.2, 0.25) is 0 Å². The van der Waals surface area contributed by atoms with E-state index in [0.29, 0.717) is 17.4 Å². The van der Waals surface area contributed by atoms with Crippen LogP contribution in [0.3, 0.4) is 0 Å². The molecule has 1 aliphatic rings. The second kappa shape index (κ2) is 10.4. The van der Waals surface area contributed by atoms with E-state index in [9.17, 15) is 9.59 Å². The van der Waals surface area contributed by atoms with Crippen LogP contribution in [0.1, 0.15) is 24.5 Å². The topological polar surface area (TPSA) is 80.2 Å². The van der Waals surface area contributed by atoms with Gasteiger partial charge in [-0.25, -0.2) is 14.5 Å². The number of nitrogens with one attached hydrogen (secondary N) is 1. The minimum absolute atomic E-state index is 0.127. The summed E-state index contributed by atoms with van der Waals surface area (Å²) in [5.74, 6) is 0.150. The fourth-order valence-corrected chi connectivity index (χ4v) is 3.73. The van der Waals surface area contributed by atoms with Gasteiger partial charge >= 0.3 is 12.2 Å². The number of halogens is 1. The maximum absolute atomic E-state index is 12.9. The van der Waals surface area contributed by atoms with Gasteiger partial charge in [-0.2, -0.15) is 0 Å². The zero-order valence-electron chi connectivity index (χ0n) is 16.7. The van der Waals surface area contributed by atoms with Crippen LogP contribution in [0.15, 0.2) is 65.7 Å². The highest BCUT2D eigenvalue weighted by Crippen LogP contribution is 2.27. The van der Waals surface area contributed by atoms with E-state index in [4.69, 9.17) is 9.47 Å². The van der Waals surface area contributed by atoms with Crippen molar-refractivity contribution in [3.8, 4) is 0 Å². The van der Waals surface area contributed by atoms with E-state index in [0.717, 1.165) is 11.1 Å². The molecule has 0 saturated carbocycles. The lowest BCUT2D eigenvalue weighted by atomic mass is 9.97. The van der Waals surface area contributed by atoms with E-state index >= 15 is 0 Å². The van der Waals surface area contributed by atoms with Gasteiger partial charge < -0.3 is 9.47 Å². The predicted molar refractivity (Wildman–Crippen MR) is 122 cm³/mol. The minimum atomic E-state index is -0.670. The second-order valence-corrected chi connectivity index (χ2v) is 7.91. The summed E-state index contributed by atoms with van der Waals surface area (Å²) in [6.07, 6.45) is -0.559. The van der Waals surface area contributed by atoms with Crippen molar-refractivity contribution in [1.29, 1.82) is 0 Å². The molecule has 0 radical (unpaired) electrons. The number of nitrogens with zero attached hydrogens (tertiary/aromatic N) is 2. The van der Waals surface area contributed by atoms with Crippen molar-refractivity contribution < 1.29 is 19.1 Å². The van der Waals surface area contributed by atoms with Crippen LogP contribution in [-0.2, 0) is 22.7 Å². The first-order valence-corrected chi connectivity index (χ1v) is 11.1. The van der Waals surface area contributed by atoms with Crippen molar-refractivity contribution in [3.05, 3.63) is 71.8 Å². The fraction of sp³-hybridized carbons (Fsp3) is 0.318. The number of alkyl carbamates (subject to hydrolysis) is 1. The van der Waals surface area contributed by atoms with Crippen molar-refractivity contribution >= 4 is 40.7 Å². The molecular weight excluding hydrogens is 497 g/mol. The molecule has 0 saturated heterocycles. The third kappa shape index (κ3) is 5.71. The van der Waals surface area contributed by atoms with E-state index in [-0.39, 0.29) is 19.2 Å². The van der Waals surface area contributed by atoms with Crippen LogP contribution in [0.25, 0.3) is 0 Å². The third-order valence-electron chi connectivity index (χ3n) is 4.77. The van der Waals surface area contributed by atoms with Gasteiger partial charge in [0.05, 0.1) is 5.54 Å². The smallest absolute Gasteiger partial charge is 0.417 e. The molecule has 1 unspecified atom stereocenters. The lowest BCUT2D eigenvalue weighted by molar-refractivity contribution is 0.0844. The number of benzene rings is 2. The zero-order chi connectivity index (χ0) is 21.4. The zero-order valence-corrected chi connectivity index (χ0v) is 18.9. The Morgan fingerprint density at radius 2 is 1.60 bits per heavy atom. The summed E-state index contributed by atoms with van der Waals surface area (Å²) in [7, 11) is 0. The molecule has 1 atom stereocenters. The minimum Gasteiger partial charge on any atom is -0.444 e. The molecule has 2 aromatic rings. The van der Waals surface area contributed by atoms with Crippen LogP contribution < -0.4 is 5.32 Å². The molecule has 8 heteroatoms. The average molecular weight is 521 g/mol. The van der Waals surface area contributed by atoms with Gasteiger partial charge in [0, 0.05) is 11.0 Å². The molecule has 0 fully saturated rings. The Morgan fingerprint density at radius 3 is 2.17 bits per heavy atom. The van der Waals surface area contributed by atoms with Crippen molar-refractivity contribution in [2.45, 2.75) is 32.1 Å². The number of alkyl halides is 1. The van der Waals surface area contributed by atoms with Crippen molar-refractivity contribution in [2.24, 2.45) is 4.99 Å². The van der Waals surface area contributed by atoms with Crippen LogP contribution in [-0.4, -0.2) is 39.6 Å². The molecule has 1 heterocycles. The number of aliphatic imine (C=N–C) groups is 1. The number of amides is 2. The monoisotopic (exact) mass is 521 g/mol. The summed E-state index contributed by atoms with van der Waals surface area (Å²) < 4.78 is 11.5. The number of carbonyl (C=O) groups is 2. The van der Waals surface area contributed by atoms with Gasteiger partial charge in [-0.05, 0) is 24.5 Å². The predicted octanol–water partition coefficient (Wildman–Crippen LogP) is 4.51. The van der Waals surface area contributed by atoms with Crippen molar-refractivity contribution in [1.82, 2.24) is 10.2 Å². The largest absolute Gasteiger partial charge is 0.444 e. The SMILES string of the molecule is CC1(CI)CCN=C(NC(=O)OCc2ccccc2)N1C(=O)OCc1ccccc1. The molecule has 0 bridgehead atoms. The van der Waals surface area contributed by atoms with E-state index in [2.05, 4.69) is 32.9 Å². The second-order valence-electron chi connectivity index (χ2n) is 7.15.